The van der Waals surface area contributed by atoms with Crippen LogP contribution in [0.5, 0.6) is 5.75 Å². The molecule has 2 aliphatic heterocycles. The summed E-state index contributed by atoms with van der Waals surface area (Å²) in [4.78, 5) is 56.9. The van der Waals surface area contributed by atoms with Crippen molar-refractivity contribution in [3.8, 4) is 5.75 Å². The standard InChI is InChI=1S/C30H32F3N7O6S/c1-27(2,3)44-25(42)38-13-10-17-21(34-16-35-22(17)38)37-14-11-29(12-15-37)23-36-20-18(8-7-9-19(20)46-47-30(31,32)33)39(23)24(41)40(29)26(43)45-28(4,5)6/h7-10,13,16H,11-12,14-15H2,1-6H3. The van der Waals surface area contributed by atoms with Gasteiger partial charge in [0.2, 0.25) is 0 Å². The minimum atomic E-state index is -4.66. The zero-order chi connectivity index (χ0) is 34.1. The Hall–Kier alpha value is -4.54. The number of ether oxygens (including phenoxy) is 2. The Labute approximate surface area is 271 Å². The molecule has 0 atom stereocenters. The molecule has 5 heterocycles. The second kappa shape index (κ2) is 11.0. The molecule has 1 saturated heterocycles. The molecule has 0 bridgehead atoms. The molecule has 1 spiro atoms. The molecule has 6 rings (SSSR count). The minimum absolute atomic E-state index is 0.0548. The SMILES string of the molecule is CC(C)(C)OC(=O)N1C(=O)n2c(nc3c(OSC(F)(F)F)cccc32)C12CCN(c1ncnc3c1ccn3C(=O)OC(C)(C)C)CC2. The third kappa shape index (κ3) is 5.92. The minimum Gasteiger partial charge on any atom is -0.443 e. The number of imidazole rings is 1. The van der Waals surface area contributed by atoms with Crippen molar-refractivity contribution in [2.24, 2.45) is 0 Å². The molecule has 0 unspecified atom stereocenters. The lowest BCUT2D eigenvalue weighted by Crippen LogP contribution is -2.55. The molecule has 2 aliphatic rings. The summed E-state index contributed by atoms with van der Waals surface area (Å²) in [5, 5.41) is 0.594. The number of hydrogen-bond donors (Lipinski definition) is 0. The lowest BCUT2D eigenvalue weighted by atomic mass is 9.86. The second-order valence-electron chi connectivity index (χ2n) is 13.2. The van der Waals surface area contributed by atoms with Gasteiger partial charge < -0.3 is 18.6 Å². The van der Waals surface area contributed by atoms with Crippen LogP contribution in [-0.2, 0) is 15.0 Å². The van der Waals surface area contributed by atoms with E-state index in [1.807, 2.05) is 4.90 Å². The quantitative estimate of drug-likeness (QED) is 0.212. The molecule has 17 heteroatoms. The van der Waals surface area contributed by atoms with Gasteiger partial charge in [-0.2, -0.15) is 13.2 Å². The van der Waals surface area contributed by atoms with E-state index in [0.717, 1.165) is 4.90 Å². The fourth-order valence-corrected chi connectivity index (χ4v) is 6.19. The molecule has 3 aromatic heterocycles. The molecule has 0 aliphatic carbocycles. The highest BCUT2D eigenvalue weighted by Crippen LogP contribution is 2.48. The van der Waals surface area contributed by atoms with E-state index in [1.165, 1.54) is 33.7 Å². The van der Waals surface area contributed by atoms with Gasteiger partial charge in [-0.15, -0.1) is 0 Å². The predicted molar refractivity (Wildman–Crippen MR) is 165 cm³/mol. The number of fused-ring (bicyclic) bond motifs is 5. The van der Waals surface area contributed by atoms with Gasteiger partial charge in [-0.25, -0.2) is 43.4 Å². The van der Waals surface area contributed by atoms with E-state index < -0.39 is 52.5 Å². The third-order valence-corrected chi connectivity index (χ3v) is 8.07. The summed E-state index contributed by atoms with van der Waals surface area (Å²) in [6.45, 7) is 10.9. The van der Waals surface area contributed by atoms with E-state index in [1.54, 1.807) is 53.8 Å². The van der Waals surface area contributed by atoms with Crippen LogP contribution in [0.3, 0.4) is 0 Å². The smallest absolute Gasteiger partial charge is 0.443 e. The van der Waals surface area contributed by atoms with Gasteiger partial charge in [0.25, 0.3) is 0 Å². The molecule has 13 nitrogen and oxygen atoms in total. The van der Waals surface area contributed by atoms with E-state index in [9.17, 15) is 27.6 Å². The summed E-state index contributed by atoms with van der Waals surface area (Å²) in [5.74, 6) is 0.558. The van der Waals surface area contributed by atoms with Gasteiger partial charge in [-0.05, 0) is 72.6 Å². The molecule has 4 aromatic rings. The molecule has 0 saturated carbocycles. The van der Waals surface area contributed by atoms with Crippen LogP contribution in [0.2, 0.25) is 0 Å². The largest absolute Gasteiger partial charge is 0.479 e. The number of para-hydroxylation sites is 1. The molecule has 2 amide bonds. The van der Waals surface area contributed by atoms with Crippen LogP contribution in [0.15, 0.2) is 36.8 Å². The summed E-state index contributed by atoms with van der Waals surface area (Å²) < 4.78 is 57.6. The third-order valence-electron chi connectivity index (χ3n) is 7.62. The average Bonchev–Trinajstić information content (AvgIpc) is 3.62. The number of hydrogen-bond acceptors (Lipinski definition) is 11. The number of alkyl halides is 3. The van der Waals surface area contributed by atoms with Crippen molar-refractivity contribution in [2.75, 3.05) is 18.0 Å². The fourth-order valence-electron chi connectivity index (χ4n) is 5.87. The van der Waals surface area contributed by atoms with E-state index >= 15 is 0 Å². The van der Waals surface area contributed by atoms with Crippen LogP contribution in [0.4, 0.5) is 33.4 Å². The number of imide groups is 1. The van der Waals surface area contributed by atoms with E-state index in [2.05, 4.69) is 15.0 Å². The van der Waals surface area contributed by atoms with Gasteiger partial charge in [0.1, 0.15) is 40.2 Å². The summed E-state index contributed by atoms with van der Waals surface area (Å²) >= 11 is -0.681. The maximum Gasteiger partial charge on any atom is 0.479 e. The number of amides is 2. The number of halogens is 3. The number of carbonyl (C=O) groups excluding carboxylic acids is 3. The summed E-state index contributed by atoms with van der Waals surface area (Å²) in [6.07, 6.45) is 1.81. The molecule has 0 N–H and O–H groups in total. The van der Waals surface area contributed by atoms with Crippen LogP contribution >= 0.6 is 12.0 Å². The molecular formula is C30H32F3N7O6S. The first-order chi connectivity index (χ1) is 21.9. The zero-order valence-electron chi connectivity index (χ0n) is 26.4. The van der Waals surface area contributed by atoms with Gasteiger partial charge in [-0.3, -0.25) is 0 Å². The number of nitrogens with zero attached hydrogens (tertiary/aromatic N) is 7. The summed E-state index contributed by atoms with van der Waals surface area (Å²) in [7, 11) is 0. The highest BCUT2D eigenvalue weighted by Gasteiger charge is 2.58. The maximum atomic E-state index is 14.0. The number of piperidine rings is 1. The fraction of sp³-hybridized carbons (Fsp3) is 0.467. The Morgan fingerprint density at radius 3 is 2.23 bits per heavy atom. The van der Waals surface area contributed by atoms with Crippen LogP contribution in [0.25, 0.3) is 22.1 Å². The van der Waals surface area contributed by atoms with Crippen LogP contribution in [0, 0.1) is 0 Å². The number of carbonyl (C=O) groups is 3. The monoisotopic (exact) mass is 675 g/mol. The van der Waals surface area contributed by atoms with Gasteiger partial charge in [0.15, 0.2) is 23.4 Å². The lowest BCUT2D eigenvalue weighted by Gasteiger charge is -2.42. The van der Waals surface area contributed by atoms with Gasteiger partial charge >= 0.3 is 23.7 Å². The normalized spacial score (nSPS) is 16.7. The van der Waals surface area contributed by atoms with Crippen molar-refractivity contribution in [3.05, 3.63) is 42.6 Å². The van der Waals surface area contributed by atoms with Crippen molar-refractivity contribution in [2.45, 2.75) is 76.6 Å². The Morgan fingerprint density at radius 2 is 1.60 bits per heavy atom. The van der Waals surface area contributed by atoms with Crippen LogP contribution in [-0.4, -0.2) is 77.0 Å². The molecular weight excluding hydrogens is 643 g/mol. The van der Waals surface area contributed by atoms with E-state index in [-0.39, 0.29) is 48.5 Å². The molecule has 1 fully saturated rings. The first-order valence-electron chi connectivity index (χ1n) is 14.7. The molecule has 47 heavy (non-hydrogen) atoms. The highest BCUT2D eigenvalue weighted by atomic mass is 32.2. The Morgan fingerprint density at radius 1 is 0.936 bits per heavy atom. The van der Waals surface area contributed by atoms with Gasteiger partial charge in [0.05, 0.1) is 10.9 Å². The van der Waals surface area contributed by atoms with Crippen LogP contribution < -0.4 is 9.08 Å². The average molecular weight is 676 g/mol. The van der Waals surface area contributed by atoms with Crippen molar-refractivity contribution in [3.63, 3.8) is 0 Å². The number of anilines is 1. The van der Waals surface area contributed by atoms with Crippen molar-refractivity contribution < 1.29 is 41.2 Å². The summed E-state index contributed by atoms with van der Waals surface area (Å²) in [5.41, 5.74) is -7.00. The first kappa shape index (κ1) is 32.4. The molecule has 0 radical (unpaired) electrons. The highest BCUT2D eigenvalue weighted by molar-refractivity contribution is 7.95. The number of benzene rings is 1. The molecule has 1 aromatic carbocycles. The van der Waals surface area contributed by atoms with Crippen molar-refractivity contribution in [1.29, 1.82) is 0 Å². The maximum absolute atomic E-state index is 14.0. The number of aromatic nitrogens is 5. The predicted octanol–water partition coefficient (Wildman–Crippen LogP) is 6.83. The Kier molecular flexibility index (Phi) is 7.60. The summed E-state index contributed by atoms with van der Waals surface area (Å²) in [6, 6.07) is 5.30. The Balaban J connectivity index is 1.37. The lowest BCUT2D eigenvalue weighted by molar-refractivity contribution is -0.0369. The molecule has 250 valence electrons. The van der Waals surface area contributed by atoms with Crippen molar-refractivity contribution in [1.82, 2.24) is 29.0 Å². The second-order valence-corrected chi connectivity index (χ2v) is 14.0. The zero-order valence-corrected chi connectivity index (χ0v) is 27.2. The van der Waals surface area contributed by atoms with E-state index in [4.69, 9.17) is 13.7 Å². The topological polar surface area (TPSA) is 134 Å². The number of rotatable bonds is 3. The van der Waals surface area contributed by atoms with E-state index in [0.29, 0.717) is 16.9 Å². The van der Waals surface area contributed by atoms with Crippen LogP contribution in [0.1, 0.15) is 60.2 Å². The van der Waals surface area contributed by atoms with Gasteiger partial charge in [0, 0.05) is 19.3 Å². The first-order valence-corrected chi connectivity index (χ1v) is 15.4. The van der Waals surface area contributed by atoms with Gasteiger partial charge in [-0.1, -0.05) is 6.07 Å². The van der Waals surface area contributed by atoms with Crippen molar-refractivity contribution >= 4 is 58.1 Å². The Bertz CT molecular complexity index is 1900.